The van der Waals surface area contributed by atoms with Crippen molar-refractivity contribution in [3.63, 3.8) is 0 Å². The summed E-state index contributed by atoms with van der Waals surface area (Å²) >= 11 is 6.17. The monoisotopic (exact) mass is 453 g/mol. The molecule has 0 unspecified atom stereocenters. The molecule has 1 aromatic heterocycles. The zero-order valence-corrected chi connectivity index (χ0v) is 20.2. The van der Waals surface area contributed by atoms with E-state index in [-0.39, 0.29) is 28.8 Å². The summed E-state index contributed by atoms with van der Waals surface area (Å²) in [5.74, 6) is -0.0222. The molecule has 0 aliphatic rings. The van der Waals surface area contributed by atoms with Crippen LogP contribution in [0.25, 0.3) is 0 Å². The third kappa shape index (κ3) is 5.85. The van der Waals surface area contributed by atoms with Crippen molar-refractivity contribution in [3.05, 3.63) is 46.7 Å². The van der Waals surface area contributed by atoms with Gasteiger partial charge in [-0.25, -0.2) is 13.4 Å². The van der Waals surface area contributed by atoms with Gasteiger partial charge >= 0.3 is 0 Å². The van der Waals surface area contributed by atoms with Crippen LogP contribution in [0.1, 0.15) is 58.8 Å². The standard InChI is InChI=1S/C22H32ClN3O3S/c1-15(2)12-25(21(27)16(3)4)13-19-11-24-22(26(19)17(5)6)30(28,29)14-18-9-7-8-10-20(18)23/h7-11,15-17H,12-14H2,1-6H3. The van der Waals surface area contributed by atoms with Gasteiger partial charge in [0.15, 0.2) is 0 Å². The molecule has 1 heterocycles. The van der Waals surface area contributed by atoms with Crippen molar-refractivity contribution < 1.29 is 13.2 Å². The molecular formula is C22H32ClN3O3S. The lowest BCUT2D eigenvalue weighted by Gasteiger charge is -2.27. The summed E-state index contributed by atoms with van der Waals surface area (Å²) in [5, 5.41) is 0.420. The second kappa shape index (κ2) is 9.96. The zero-order valence-electron chi connectivity index (χ0n) is 18.6. The summed E-state index contributed by atoms with van der Waals surface area (Å²) in [6.07, 6.45) is 1.57. The fourth-order valence-electron chi connectivity index (χ4n) is 3.40. The molecule has 0 aliphatic carbocycles. The molecule has 2 aromatic rings. The average molecular weight is 454 g/mol. The molecule has 0 spiro atoms. The van der Waals surface area contributed by atoms with Gasteiger partial charge in [-0.05, 0) is 31.4 Å². The lowest BCUT2D eigenvalue weighted by atomic mass is 10.1. The summed E-state index contributed by atoms with van der Waals surface area (Å²) in [5.41, 5.74) is 1.24. The van der Waals surface area contributed by atoms with Crippen molar-refractivity contribution in [1.82, 2.24) is 14.5 Å². The van der Waals surface area contributed by atoms with Crippen LogP contribution in [0.5, 0.6) is 0 Å². The summed E-state index contributed by atoms with van der Waals surface area (Å²) < 4.78 is 28.1. The Kier molecular flexibility index (Phi) is 8.11. The molecule has 0 fully saturated rings. The first-order valence-electron chi connectivity index (χ1n) is 10.2. The minimum absolute atomic E-state index is 0.00825. The Bertz CT molecular complexity index is 981. The van der Waals surface area contributed by atoms with Crippen LogP contribution in [-0.2, 0) is 26.9 Å². The topological polar surface area (TPSA) is 72.3 Å². The van der Waals surface area contributed by atoms with Gasteiger partial charge < -0.3 is 9.47 Å². The Hall–Kier alpha value is -1.86. The highest BCUT2D eigenvalue weighted by Crippen LogP contribution is 2.25. The number of benzene rings is 1. The van der Waals surface area contributed by atoms with E-state index in [1.807, 2.05) is 27.7 Å². The Morgan fingerprint density at radius 2 is 1.77 bits per heavy atom. The second-order valence-corrected chi connectivity index (χ2v) is 10.9. The molecule has 30 heavy (non-hydrogen) atoms. The predicted octanol–water partition coefficient (Wildman–Crippen LogP) is 4.73. The maximum atomic E-state index is 13.2. The molecule has 0 bridgehead atoms. The van der Waals surface area contributed by atoms with E-state index in [0.29, 0.717) is 35.3 Å². The van der Waals surface area contributed by atoms with Gasteiger partial charge in [0.25, 0.3) is 0 Å². The number of carbonyl (C=O) groups is 1. The molecule has 0 saturated carbocycles. The van der Waals surface area contributed by atoms with Crippen molar-refractivity contribution in [3.8, 4) is 0 Å². The second-order valence-electron chi connectivity index (χ2n) is 8.61. The molecule has 1 amide bonds. The lowest BCUT2D eigenvalue weighted by molar-refractivity contribution is -0.135. The number of amides is 1. The van der Waals surface area contributed by atoms with E-state index in [1.165, 1.54) is 0 Å². The van der Waals surface area contributed by atoms with E-state index >= 15 is 0 Å². The first kappa shape index (κ1) is 24.4. The number of imidazole rings is 1. The third-order valence-electron chi connectivity index (χ3n) is 4.68. The number of halogens is 1. The molecule has 0 atom stereocenters. The van der Waals surface area contributed by atoms with Crippen LogP contribution in [0, 0.1) is 11.8 Å². The molecule has 166 valence electrons. The number of sulfone groups is 1. The predicted molar refractivity (Wildman–Crippen MR) is 120 cm³/mol. The van der Waals surface area contributed by atoms with E-state index in [9.17, 15) is 13.2 Å². The molecule has 8 heteroatoms. The van der Waals surface area contributed by atoms with Crippen LogP contribution in [0.4, 0.5) is 0 Å². The molecule has 1 aromatic carbocycles. The third-order valence-corrected chi connectivity index (χ3v) is 6.60. The van der Waals surface area contributed by atoms with Gasteiger partial charge in [-0.2, -0.15) is 0 Å². The Balaban J connectivity index is 2.43. The van der Waals surface area contributed by atoms with Crippen LogP contribution in [0.2, 0.25) is 5.02 Å². The van der Waals surface area contributed by atoms with E-state index in [2.05, 4.69) is 18.8 Å². The molecule has 0 aliphatic heterocycles. The lowest BCUT2D eigenvalue weighted by Crippen LogP contribution is -2.37. The van der Waals surface area contributed by atoms with E-state index in [0.717, 1.165) is 0 Å². The van der Waals surface area contributed by atoms with Gasteiger partial charge in [0.05, 0.1) is 24.2 Å². The molecule has 0 N–H and O–H groups in total. The van der Waals surface area contributed by atoms with E-state index < -0.39 is 9.84 Å². The normalized spacial score (nSPS) is 12.2. The van der Waals surface area contributed by atoms with Crippen molar-refractivity contribution in [2.75, 3.05) is 6.54 Å². The number of rotatable bonds is 9. The SMILES string of the molecule is CC(C)CN(Cc1cnc(S(=O)(=O)Cc2ccccc2Cl)n1C(C)C)C(=O)C(C)C. The zero-order chi connectivity index (χ0) is 22.6. The maximum absolute atomic E-state index is 13.2. The minimum Gasteiger partial charge on any atom is -0.336 e. The maximum Gasteiger partial charge on any atom is 0.228 e. The van der Waals surface area contributed by atoms with Crippen molar-refractivity contribution in [1.29, 1.82) is 0 Å². The molecular weight excluding hydrogens is 422 g/mol. The van der Waals surface area contributed by atoms with Gasteiger partial charge in [0, 0.05) is 23.5 Å². The first-order valence-corrected chi connectivity index (χ1v) is 12.3. The van der Waals surface area contributed by atoms with E-state index in [1.54, 1.807) is 39.9 Å². The fraction of sp³-hybridized carbons (Fsp3) is 0.545. The van der Waals surface area contributed by atoms with Crippen molar-refractivity contribution in [2.24, 2.45) is 11.8 Å². The van der Waals surface area contributed by atoms with Crippen LogP contribution in [-0.4, -0.2) is 35.3 Å². The highest BCUT2D eigenvalue weighted by atomic mass is 35.5. The summed E-state index contributed by atoms with van der Waals surface area (Å²) in [7, 11) is -3.72. The summed E-state index contributed by atoms with van der Waals surface area (Å²) in [6.45, 7) is 12.6. The molecule has 2 rings (SSSR count). The van der Waals surface area contributed by atoms with Crippen LogP contribution in [0.15, 0.2) is 35.6 Å². The van der Waals surface area contributed by atoms with Crippen LogP contribution in [0.3, 0.4) is 0 Å². The first-order chi connectivity index (χ1) is 13.9. The molecule has 0 radical (unpaired) electrons. The number of hydrogen-bond acceptors (Lipinski definition) is 4. The highest BCUT2D eigenvalue weighted by molar-refractivity contribution is 7.90. The Labute approximate surface area is 185 Å². The Morgan fingerprint density at radius 3 is 2.30 bits per heavy atom. The largest absolute Gasteiger partial charge is 0.336 e. The number of nitrogens with zero attached hydrogens (tertiary/aromatic N) is 3. The summed E-state index contributed by atoms with van der Waals surface area (Å²) in [4.78, 5) is 18.8. The van der Waals surface area contributed by atoms with Crippen molar-refractivity contribution >= 4 is 27.3 Å². The quantitative estimate of drug-likeness (QED) is 0.550. The summed E-state index contributed by atoms with van der Waals surface area (Å²) in [6, 6.07) is 6.77. The van der Waals surface area contributed by atoms with Gasteiger partial charge in [-0.3, -0.25) is 4.79 Å². The van der Waals surface area contributed by atoms with Crippen molar-refractivity contribution in [2.45, 2.75) is 65.0 Å². The fourth-order valence-corrected chi connectivity index (χ4v) is 5.31. The average Bonchev–Trinajstić information content (AvgIpc) is 3.06. The smallest absolute Gasteiger partial charge is 0.228 e. The number of carbonyl (C=O) groups excluding carboxylic acids is 1. The van der Waals surface area contributed by atoms with Gasteiger partial charge in [-0.1, -0.05) is 57.5 Å². The van der Waals surface area contributed by atoms with Gasteiger partial charge in [0.1, 0.15) is 0 Å². The van der Waals surface area contributed by atoms with Crippen LogP contribution < -0.4 is 0 Å². The molecule has 6 nitrogen and oxygen atoms in total. The highest BCUT2D eigenvalue weighted by Gasteiger charge is 2.28. The number of aromatic nitrogens is 2. The van der Waals surface area contributed by atoms with E-state index in [4.69, 9.17) is 11.6 Å². The Morgan fingerprint density at radius 1 is 1.13 bits per heavy atom. The molecule has 0 saturated heterocycles. The van der Waals surface area contributed by atoms with Crippen LogP contribution >= 0.6 is 11.6 Å². The van der Waals surface area contributed by atoms with Gasteiger partial charge in [-0.15, -0.1) is 0 Å². The number of hydrogen-bond donors (Lipinski definition) is 0. The minimum atomic E-state index is -3.72. The van der Waals surface area contributed by atoms with Gasteiger partial charge in [0.2, 0.25) is 20.9 Å².